The molecule has 0 aliphatic rings. The predicted molar refractivity (Wildman–Crippen MR) is 91.6 cm³/mol. The van der Waals surface area contributed by atoms with Gasteiger partial charge < -0.3 is 5.32 Å². The van der Waals surface area contributed by atoms with E-state index in [1.165, 1.54) is 7.05 Å². The molecule has 0 fully saturated rings. The third-order valence-corrected chi connectivity index (χ3v) is 4.79. The highest BCUT2D eigenvalue weighted by molar-refractivity contribution is 7.88. The van der Waals surface area contributed by atoms with Crippen LogP contribution in [0.1, 0.15) is 17.2 Å². The van der Waals surface area contributed by atoms with Gasteiger partial charge in [0.25, 0.3) is 0 Å². The van der Waals surface area contributed by atoms with Gasteiger partial charge in [-0.1, -0.05) is 42.5 Å². The molecular weight excluding hydrogens is 312 g/mol. The number of hydrogen-bond acceptors (Lipinski definition) is 3. The minimum Gasteiger partial charge on any atom is -0.324 e. The lowest BCUT2D eigenvalue weighted by Crippen LogP contribution is -2.38. The number of amides is 1. The van der Waals surface area contributed by atoms with E-state index in [1.54, 1.807) is 30.3 Å². The molecule has 1 N–H and O–H groups in total. The average molecular weight is 332 g/mol. The van der Waals surface area contributed by atoms with Crippen molar-refractivity contribution in [1.82, 2.24) is 4.31 Å². The second-order valence-corrected chi connectivity index (χ2v) is 7.49. The van der Waals surface area contributed by atoms with Crippen LogP contribution < -0.4 is 5.32 Å². The molecule has 2 rings (SSSR count). The molecule has 1 atom stereocenters. The number of carbonyl (C=O) groups is 1. The van der Waals surface area contributed by atoms with E-state index < -0.39 is 22.0 Å². The summed E-state index contributed by atoms with van der Waals surface area (Å²) in [6.07, 6.45) is 1.09. The molecule has 2 aromatic rings. The molecule has 0 saturated carbocycles. The minimum atomic E-state index is -3.52. The lowest BCUT2D eigenvalue weighted by molar-refractivity contribution is -0.119. The van der Waals surface area contributed by atoms with Crippen molar-refractivity contribution < 1.29 is 13.2 Å². The van der Waals surface area contributed by atoms with Crippen molar-refractivity contribution in [3.63, 3.8) is 0 Å². The first-order valence-corrected chi connectivity index (χ1v) is 8.99. The molecule has 2 aromatic carbocycles. The van der Waals surface area contributed by atoms with Gasteiger partial charge in [-0.05, 0) is 30.2 Å². The van der Waals surface area contributed by atoms with Gasteiger partial charge in [0.1, 0.15) is 6.04 Å². The number of likely N-dealkylation sites (N-methyl/N-ethyl adjacent to an activating group) is 1. The number of sulfonamides is 1. The zero-order valence-corrected chi connectivity index (χ0v) is 14.2. The standard InChI is InChI=1S/C17H20N2O3S/c1-13-8-7-11-15(12-13)18-17(20)16(19(2)23(3,21)22)14-9-5-4-6-10-14/h4-12,16H,1-3H3,(H,18,20). The van der Waals surface area contributed by atoms with E-state index in [2.05, 4.69) is 5.32 Å². The molecule has 0 bridgehead atoms. The van der Waals surface area contributed by atoms with Crippen molar-refractivity contribution >= 4 is 21.6 Å². The summed E-state index contributed by atoms with van der Waals surface area (Å²) in [6, 6.07) is 15.3. The van der Waals surface area contributed by atoms with Crippen molar-refractivity contribution in [2.45, 2.75) is 13.0 Å². The molecule has 0 aromatic heterocycles. The summed E-state index contributed by atoms with van der Waals surface area (Å²) in [4.78, 5) is 12.7. The van der Waals surface area contributed by atoms with Crippen molar-refractivity contribution in [2.24, 2.45) is 0 Å². The first-order valence-electron chi connectivity index (χ1n) is 7.14. The Morgan fingerprint density at radius 3 is 2.30 bits per heavy atom. The summed E-state index contributed by atoms with van der Waals surface area (Å²) in [5, 5.41) is 2.79. The average Bonchev–Trinajstić information content (AvgIpc) is 2.47. The predicted octanol–water partition coefficient (Wildman–Crippen LogP) is 2.57. The third kappa shape index (κ3) is 4.40. The molecule has 0 aliphatic carbocycles. The SMILES string of the molecule is Cc1cccc(NC(=O)C(c2ccccc2)N(C)S(C)(=O)=O)c1. The van der Waals surface area contributed by atoms with Gasteiger partial charge in [0.15, 0.2) is 0 Å². The van der Waals surface area contributed by atoms with E-state index >= 15 is 0 Å². The van der Waals surface area contributed by atoms with Crippen LogP contribution in [0.25, 0.3) is 0 Å². The van der Waals surface area contributed by atoms with Crippen LogP contribution in [0.3, 0.4) is 0 Å². The molecule has 23 heavy (non-hydrogen) atoms. The Balaban J connectivity index is 2.35. The molecule has 5 nitrogen and oxygen atoms in total. The largest absolute Gasteiger partial charge is 0.324 e. The number of hydrogen-bond donors (Lipinski definition) is 1. The zero-order chi connectivity index (χ0) is 17.0. The van der Waals surface area contributed by atoms with Crippen LogP contribution in [0.15, 0.2) is 54.6 Å². The first-order chi connectivity index (χ1) is 10.8. The molecule has 1 amide bonds. The lowest BCUT2D eigenvalue weighted by atomic mass is 10.1. The highest BCUT2D eigenvalue weighted by Gasteiger charge is 2.30. The maximum atomic E-state index is 12.7. The molecule has 1 unspecified atom stereocenters. The van der Waals surface area contributed by atoms with Crippen molar-refractivity contribution in [3.05, 3.63) is 65.7 Å². The van der Waals surface area contributed by atoms with Crippen LogP contribution in [0, 0.1) is 6.92 Å². The normalized spacial score (nSPS) is 12.9. The van der Waals surface area contributed by atoms with Crippen molar-refractivity contribution in [2.75, 3.05) is 18.6 Å². The van der Waals surface area contributed by atoms with Gasteiger partial charge in [0, 0.05) is 12.7 Å². The van der Waals surface area contributed by atoms with Crippen molar-refractivity contribution in [1.29, 1.82) is 0 Å². The fourth-order valence-electron chi connectivity index (χ4n) is 2.29. The fourth-order valence-corrected chi connectivity index (χ4v) is 2.89. The number of aryl methyl sites for hydroxylation is 1. The number of nitrogens with one attached hydrogen (secondary N) is 1. The van der Waals surface area contributed by atoms with Gasteiger partial charge in [-0.2, -0.15) is 4.31 Å². The number of carbonyl (C=O) groups excluding carboxylic acids is 1. The second kappa shape index (κ2) is 6.93. The number of benzene rings is 2. The summed E-state index contributed by atoms with van der Waals surface area (Å²) < 4.78 is 24.9. The van der Waals surface area contributed by atoms with E-state index in [1.807, 2.05) is 31.2 Å². The lowest BCUT2D eigenvalue weighted by Gasteiger charge is -2.25. The molecule has 0 spiro atoms. The Morgan fingerprint density at radius 2 is 1.74 bits per heavy atom. The van der Waals surface area contributed by atoms with Crippen LogP contribution in [-0.2, 0) is 14.8 Å². The van der Waals surface area contributed by atoms with E-state index in [0.29, 0.717) is 11.3 Å². The van der Waals surface area contributed by atoms with E-state index in [0.717, 1.165) is 16.1 Å². The number of anilines is 1. The van der Waals surface area contributed by atoms with Crippen LogP contribution in [0.4, 0.5) is 5.69 Å². The molecule has 6 heteroatoms. The minimum absolute atomic E-state index is 0.394. The van der Waals surface area contributed by atoms with Crippen LogP contribution in [0.5, 0.6) is 0 Å². The summed E-state index contributed by atoms with van der Waals surface area (Å²) in [7, 11) is -2.12. The van der Waals surface area contributed by atoms with Crippen LogP contribution >= 0.6 is 0 Å². The van der Waals surface area contributed by atoms with Crippen LogP contribution in [0.2, 0.25) is 0 Å². The molecule has 122 valence electrons. The van der Waals surface area contributed by atoms with Gasteiger partial charge >= 0.3 is 0 Å². The monoisotopic (exact) mass is 332 g/mol. The molecule has 0 radical (unpaired) electrons. The summed E-state index contributed by atoms with van der Waals surface area (Å²) >= 11 is 0. The maximum absolute atomic E-state index is 12.7. The van der Waals surface area contributed by atoms with E-state index in [9.17, 15) is 13.2 Å². The molecule has 0 aliphatic heterocycles. The van der Waals surface area contributed by atoms with Gasteiger partial charge in [0.05, 0.1) is 6.26 Å². The van der Waals surface area contributed by atoms with E-state index in [4.69, 9.17) is 0 Å². The molecule has 0 saturated heterocycles. The van der Waals surface area contributed by atoms with Gasteiger partial charge in [0.2, 0.25) is 15.9 Å². The van der Waals surface area contributed by atoms with E-state index in [-0.39, 0.29) is 0 Å². The Labute approximate surface area is 137 Å². The Kier molecular flexibility index (Phi) is 5.18. The Bertz CT molecular complexity index is 788. The summed E-state index contributed by atoms with van der Waals surface area (Å²) in [6.45, 7) is 1.92. The Hall–Kier alpha value is -2.18. The fraction of sp³-hybridized carbons (Fsp3) is 0.235. The molecule has 0 heterocycles. The number of nitrogens with zero attached hydrogens (tertiary/aromatic N) is 1. The third-order valence-electron chi connectivity index (χ3n) is 3.54. The van der Waals surface area contributed by atoms with Crippen LogP contribution in [-0.4, -0.2) is 31.9 Å². The van der Waals surface area contributed by atoms with Gasteiger partial charge in [-0.25, -0.2) is 8.42 Å². The van der Waals surface area contributed by atoms with Gasteiger partial charge in [-0.15, -0.1) is 0 Å². The topological polar surface area (TPSA) is 66.5 Å². The second-order valence-electron chi connectivity index (χ2n) is 5.45. The summed E-state index contributed by atoms with van der Waals surface area (Å²) in [5.74, 6) is -0.394. The van der Waals surface area contributed by atoms with Gasteiger partial charge in [-0.3, -0.25) is 4.79 Å². The summed E-state index contributed by atoms with van der Waals surface area (Å²) in [5.41, 5.74) is 2.26. The quantitative estimate of drug-likeness (QED) is 0.915. The number of rotatable bonds is 5. The molecular formula is C17H20N2O3S. The maximum Gasteiger partial charge on any atom is 0.247 e. The van der Waals surface area contributed by atoms with Crippen molar-refractivity contribution in [3.8, 4) is 0 Å². The smallest absolute Gasteiger partial charge is 0.247 e. The highest BCUT2D eigenvalue weighted by Crippen LogP contribution is 2.24. The highest BCUT2D eigenvalue weighted by atomic mass is 32.2. The first kappa shape index (κ1) is 17.2. The zero-order valence-electron chi connectivity index (χ0n) is 13.4. The Morgan fingerprint density at radius 1 is 1.09 bits per heavy atom.